The van der Waals surface area contributed by atoms with Crippen LogP contribution in [-0.2, 0) is 0 Å². The summed E-state index contributed by atoms with van der Waals surface area (Å²) in [6.45, 7) is 10.9. The van der Waals surface area contributed by atoms with Crippen molar-refractivity contribution < 1.29 is 4.74 Å². The standard InChI is InChI=1S/C21H31N5OS/c1-14-11-18(22)26(28-14)19(23-15-7-9-17(27-6)10-8-15)24-16-12-20(2,3)25-21(4,5)13-16/h7-11,16,22,25H,12-13H2,1-6H3,(H,23,24). The smallest absolute Gasteiger partial charge is 0.218 e. The molecule has 1 fully saturated rings. The van der Waals surface area contributed by atoms with Crippen molar-refractivity contribution in [2.75, 3.05) is 12.4 Å². The van der Waals surface area contributed by atoms with E-state index in [0.717, 1.165) is 29.2 Å². The number of piperidine rings is 1. The number of aryl methyl sites for hydroxylation is 1. The number of anilines is 1. The number of aliphatic imine (C=N–C) groups is 1. The second-order valence-electron chi connectivity index (χ2n) is 8.79. The van der Waals surface area contributed by atoms with Gasteiger partial charge in [0, 0.05) is 21.6 Å². The fraction of sp³-hybridized carbons (Fsp3) is 0.524. The number of benzene rings is 1. The van der Waals surface area contributed by atoms with Gasteiger partial charge < -0.3 is 15.4 Å². The van der Waals surface area contributed by atoms with Crippen molar-refractivity contribution in [2.24, 2.45) is 4.99 Å². The average Bonchev–Trinajstić information content (AvgIpc) is 2.90. The van der Waals surface area contributed by atoms with Crippen molar-refractivity contribution >= 4 is 23.2 Å². The van der Waals surface area contributed by atoms with Gasteiger partial charge >= 0.3 is 0 Å². The van der Waals surface area contributed by atoms with Crippen LogP contribution < -0.4 is 20.9 Å². The zero-order valence-corrected chi connectivity index (χ0v) is 18.4. The van der Waals surface area contributed by atoms with E-state index in [1.165, 1.54) is 11.5 Å². The fourth-order valence-corrected chi connectivity index (χ4v) is 4.88. The molecule has 3 rings (SSSR count). The first-order valence-electron chi connectivity index (χ1n) is 9.60. The van der Waals surface area contributed by atoms with Crippen molar-refractivity contribution in [1.82, 2.24) is 9.27 Å². The van der Waals surface area contributed by atoms with Gasteiger partial charge in [-0.2, -0.15) is 0 Å². The van der Waals surface area contributed by atoms with Crippen LogP contribution in [0.4, 0.5) is 5.69 Å². The van der Waals surface area contributed by atoms with E-state index in [1.807, 2.05) is 41.2 Å². The van der Waals surface area contributed by atoms with E-state index in [9.17, 15) is 0 Å². The maximum Gasteiger partial charge on any atom is 0.218 e. The molecule has 0 spiro atoms. The Morgan fingerprint density at radius 2 is 1.82 bits per heavy atom. The van der Waals surface area contributed by atoms with E-state index in [-0.39, 0.29) is 17.1 Å². The highest BCUT2D eigenvalue weighted by molar-refractivity contribution is 7.07. The van der Waals surface area contributed by atoms with E-state index in [4.69, 9.17) is 15.1 Å². The van der Waals surface area contributed by atoms with Gasteiger partial charge in [0.15, 0.2) is 0 Å². The van der Waals surface area contributed by atoms with Gasteiger partial charge in [-0.05, 0) is 77.8 Å². The lowest BCUT2D eigenvalue weighted by atomic mass is 9.80. The number of nitrogens with one attached hydrogen (secondary N) is 3. The summed E-state index contributed by atoms with van der Waals surface area (Å²) < 4.78 is 7.11. The largest absolute Gasteiger partial charge is 0.497 e. The molecule has 0 radical (unpaired) electrons. The molecule has 7 heteroatoms. The summed E-state index contributed by atoms with van der Waals surface area (Å²) in [6.07, 6.45) is 1.89. The Morgan fingerprint density at radius 1 is 1.21 bits per heavy atom. The first kappa shape index (κ1) is 20.6. The summed E-state index contributed by atoms with van der Waals surface area (Å²) in [6, 6.07) is 9.81. The fourth-order valence-electron chi connectivity index (χ4n) is 4.10. The van der Waals surface area contributed by atoms with E-state index in [2.05, 4.69) is 38.3 Å². The summed E-state index contributed by atoms with van der Waals surface area (Å²) >= 11 is 1.53. The zero-order valence-electron chi connectivity index (χ0n) is 17.6. The third-order valence-corrected chi connectivity index (χ3v) is 5.76. The van der Waals surface area contributed by atoms with Crippen LogP contribution in [0.25, 0.3) is 0 Å². The van der Waals surface area contributed by atoms with Crippen LogP contribution in [-0.4, -0.2) is 34.1 Å². The van der Waals surface area contributed by atoms with E-state index < -0.39 is 0 Å². The minimum Gasteiger partial charge on any atom is -0.497 e. The minimum atomic E-state index is 0.0148. The van der Waals surface area contributed by atoms with Crippen LogP contribution in [0.2, 0.25) is 0 Å². The second kappa shape index (κ2) is 7.72. The molecule has 1 saturated heterocycles. The van der Waals surface area contributed by atoms with Gasteiger partial charge in [-0.1, -0.05) is 11.5 Å². The van der Waals surface area contributed by atoms with Crippen LogP contribution in [0, 0.1) is 12.3 Å². The molecule has 0 saturated carbocycles. The average molecular weight is 402 g/mol. The Balaban J connectivity index is 1.96. The van der Waals surface area contributed by atoms with Crippen LogP contribution in [0.3, 0.4) is 0 Å². The molecule has 1 aliphatic rings. The number of methoxy groups -OCH3 is 1. The molecular weight excluding hydrogens is 370 g/mol. The molecule has 0 atom stereocenters. The maximum absolute atomic E-state index is 8.35. The Hall–Kier alpha value is -2.12. The van der Waals surface area contributed by atoms with Gasteiger partial charge in [0.1, 0.15) is 11.2 Å². The quantitative estimate of drug-likeness (QED) is 0.538. The number of ether oxygens (including phenoxy) is 1. The third kappa shape index (κ3) is 5.02. The van der Waals surface area contributed by atoms with Gasteiger partial charge in [0.2, 0.25) is 5.96 Å². The highest BCUT2D eigenvalue weighted by atomic mass is 32.1. The van der Waals surface area contributed by atoms with Crippen LogP contribution in [0.5, 0.6) is 5.75 Å². The van der Waals surface area contributed by atoms with Crippen LogP contribution in [0.15, 0.2) is 35.3 Å². The first-order chi connectivity index (χ1) is 13.1. The third-order valence-electron chi connectivity index (χ3n) is 4.81. The van der Waals surface area contributed by atoms with Crippen molar-refractivity contribution in [1.29, 1.82) is 5.41 Å². The van der Waals surface area contributed by atoms with Gasteiger partial charge in [0.05, 0.1) is 13.2 Å². The van der Waals surface area contributed by atoms with Gasteiger partial charge in [-0.3, -0.25) is 5.41 Å². The Labute approximate surface area is 171 Å². The number of aromatic nitrogens is 1. The first-order valence-corrected chi connectivity index (χ1v) is 10.4. The van der Waals surface area contributed by atoms with Gasteiger partial charge in [0.25, 0.3) is 0 Å². The monoisotopic (exact) mass is 401 g/mol. The van der Waals surface area contributed by atoms with Gasteiger partial charge in [-0.25, -0.2) is 8.95 Å². The van der Waals surface area contributed by atoms with E-state index in [1.54, 1.807) is 7.11 Å². The molecule has 0 amide bonds. The molecular formula is C21H31N5OS. The Morgan fingerprint density at radius 3 is 2.32 bits per heavy atom. The highest BCUT2D eigenvalue weighted by Crippen LogP contribution is 2.30. The molecule has 3 N–H and O–H groups in total. The molecule has 0 unspecified atom stereocenters. The van der Waals surface area contributed by atoms with E-state index >= 15 is 0 Å². The van der Waals surface area contributed by atoms with Crippen LogP contribution >= 0.6 is 11.5 Å². The second-order valence-corrected chi connectivity index (χ2v) is 9.98. The summed E-state index contributed by atoms with van der Waals surface area (Å²) in [4.78, 5) is 6.18. The summed E-state index contributed by atoms with van der Waals surface area (Å²) in [5.41, 5.74) is 1.39. The lowest BCUT2D eigenvalue weighted by Gasteiger charge is -2.45. The van der Waals surface area contributed by atoms with Crippen LogP contribution in [0.1, 0.15) is 45.4 Å². The maximum atomic E-state index is 8.35. The lowest BCUT2D eigenvalue weighted by molar-refractivity contribution is 0.164. The Bertz CT molecular complexity index is 892. The van der Waals surface area contributed by atoms with Crippen molar-refractivity contribution in [3.8, 4) is 5.75 Å². The lowest BCUT2D eigenvalue weighted by Crippen LogP contribution is -2.59. The molecule has 1 aromatic carbocycles. The zero-order chi connectivity index (χ0) is 20.5. The van der Waals surface area contributed by atoms with Crippen molar-refractivity contribution in [2.45, 2.75) is 64.6 Å². The van der Waals surface area contributed by atoms with Crippen molar-refractivity contribution in [3.05, 3.63) is 40.7 Å². The predicted molar refractivity (Wildman–Crippen MR) is 117 cm³/mol. The summed E-state index contributed by atoms with van der Waals surface area (Å²) in [7, 11) is 1.66. The molecule has 28 heavy (non-hydrogen) atoms. The molecule has 1 aliphatic heterocycles. The number of nitrogens with zero attached hydrogens (tertiary/aromatic N) is 2. The molecule has 152 valence electrons. The Kier molecular flexibility index (Phi) is 5.68. The molecule has 0 aliphatic carbocycles. The SMILES string of the molecule is COc1ccc(NC(=NC2CC(C)(C)NC(C)(C)C2)n2sc(C)cc2=N)cc1. The topological polar surface area (TPSA) is 74.4 Å². The molecule has 1 aromatic heterocycles. The molecule has 0 bridgehead atoms. The number of hydrogen-bond donors (Lipinski definition) is 3. The number of hydrogen-bond acceptors (Lipinski definition) is 5. The van der Waals surface area contributed by atoms with Crippen molar-refractivity contribution in [3.63, 3.8) is 0 Å². The summed E-state index contributed by atoms with van der Waals surface area (Å²) in [5, 5.41) is 15.5. The predicted octanol–water partition coefficient (Wildman–Crippen LogP) is 3.97. The highest BCUT2D eigenvalue weighted by Gasteiger charge is 2.37. The van der Waals surface area contributed by atoms with Gasteiger partial charge in [-0.15, -0.1) is 0 Å². The summed E-state index contributed by atoms with van der Waals surface area (Å²) in [5.74, 6) is 1.51. The minimum absolute atomic E-state index is 0.0148. The molecule has 2 aromatic rings. The molecule has 6 nitrogen and oxygen atoms in total. The van der Waals surface area contributed by atoms with E-state index in [0.29, 0.717) is 11.4 Å². The number of rotatable bonds is 3. The normalized spacial score (nSPS) is 19.4. The molecule has 2 heterocycles.